The first-order valence-corrected chi connectivity index (χ1v) is 24.7. The molecule has 0 aliphatic carbocycles. The van der Waals surface area contributed by atoms with Crippen molar-refractivity contribution < 1.29 is 0 Å². The van der Waals surface area contributed by atoms with Crippen molar-refractivity contribution >= 4 is 97.6 Å². The number of nitrogens with zero attached hydrogens (tertiary/aromatic N) is 6. The van der Waals surface area contributed by atoms with Gasteiger partial charge in [-0.3, -0.25) is 9.13 Å². The van der Waals surface area contributed by atoms with Gasteiger partial charge in [-0.25, -0.2) is 19.9 Å². The van der Waals surface area contributed by atoms with Gasteiger partial charge in [-0.1, -0.05) is 194 Å². The van der Waals surface area contributed by atoms with E-state index in [2.05, 4.69) is 234 Å². The molecule has 0 amide bonds. The second-order valence-corrected chi connectivity index (χ2v) is 19.2. The molecular formula is C64H38N6S. The van der Waals surface area contributed by atoms with E-state index in [1.165, 1.54) is 21.7 Å². The molecule has 0 saturated heterocycles. The molecule has 0 aliphatic rings. The number of benzene rings is 10. The summed E-state index contributed by atoms with van der Waals surface area (Å²) in [4.78, 5) is 22.9. The van der Waals surface area contributed by atoms with Crippen molar-refractivity contribution in [1.29, 1.82) is 0 Å². The Labute approximate surface area is 411 Å². The van der Waals surface area contributed by atoms with Gasteiger partial charge in [0.1, 0.15) is 0 Å². The Morgan fingerprint density at radius 1 is 0.324 bits per heavy atom. The van der Waals surface area contributed by atoms with Crippen molar-refractivity contribution in [2.45, 2.75) is 0 Å². The molecule has 0 N–H and O–H groups in total. The van der Waals surface area contributed by atoms with Crippen LogP contribution in [-0.4, -0.2) is 29.1 Å². The zero-order valence-electron chi connectivity index (χ0n) is 38.0. The molecule has 15 rings (SSSR count). The molecule has 0 unspecified atom stereocenters. The fourth-order valence-electron chi connectivity index (χ4n) is 11.0. The maximum Gasteiger partial charge on any atom is 0.235 e. The van der Waals surface area contributed by atoms with Crippen LogP contribution in [-0.2, 0) is 0 Å². The van der Waals surface area contributed by atoms with Crippen LogP contribution in [0, 0.1) is 0 Å². The standard InChI is InChI=1S/C64H38N6S/c1-4-19-41(20-5-1)56-38-52-62(71-56)60(43-23-8-3-9-24-43)68-63(66-52)69-54-30-16-28-46(58(54)57-45-25-12-10-17-39(45)32-36-55(57)69)44-33-35-53-50(37-44)48-34-31-40-18-11-13-26-47(40)61(48)70(53)64-65-51-29-15-14-27-49(51)59(67-64)42-21-6-2-7-22-42/h1-38H. The summed E-state index contributed by atoms with van der Waals surface area (Å²) in [6, 6.07) is 82.0. The summed E-state index contributed by atoms with van der Waals surface area (Å²) in [5.74, 6) is 1.27. The van der Waals surface area contributed by atoms with E-state index in [1.54, 1.807) is 11.3 Å². The summed E-state index contributed by atoms with van der Waals surface area (Å²) >= 11 is 1.74. The normalized spacial score (nSPS) is 11.9. The molecule has 0 fully saturated rings. The van der Waals surface area contributed by atoms with Crippen LogP contribution in [0.3, 0.4) is 0 Å². The van der Waals surface area contributed by atoms with E-state index >= 15 is 0 Å². The summed E-state index contributed by atoms with van der Waals surface area (Å²) in [7, 11) is 0. The maximum atomic E-state index is 5.53. The summed E-state index contributed by atoms with van der Waals surface area (Å²) in [6.45, 7) is 0. The van der Waals surface area contributed by atoms with Crippen molar-refractivity contribution in [3.8, 4) is 56.0 Å². The summed E-state index contributed by atoms with van der Waals surface area (Å²) < 4.78 is 5.63. The molecule has 10 aromatic carbocycles. The quantitative estimate of drug-likeness (QED) is 0.167. The Balaban J connectivity index is 1.00. The minimum Gasteiger partial charge on any atom is -0.278 e. The van der Waals surface area contributed by atoms with Gasteiger partial charge in [0.15, 0.2) is 0 Å². The molecule has 0 bridgehead atoms. The predicted molar refractivity (Wildman–Crippen MR) is 296 cm³/mol. The number of aromatic nitrogens is 6. The van der Waals surface area contributed by atoms with Gasteiger partial charge in [-0.15, -0.1) is 11.3 Å². The van der Waals surface area contributed by atoms with Gasteiger partial charge < -0.3 is 0 Å². The zero-order chi connectivity index (χ0) is 46.6. The smallest absolute Gasteiger partial charge is 0.235 e. The summed E-state index contributed by atoms with van der Waals surface area (Å²) in [5, 5.41) is 10.3. The first-order valence-electron chi connectivity index (χ1n) is 23.9. The molecular weight excluding hydrogens is 885 g/mol. The van der Waals surface area contributed by atoms with Gasteiger partial charge in [-0.05, 0) is 69.2 Å². The van der Waals surface area contributed by atoms with Gasteiger partial charge >= 0.3 is 0 Å². The van der Waals surface area contributed by atoms with Crippen LogP contribution < -0.4 is 0 Å². The van der Waals surface area contributed by atoms with Crippen molar-refractivity contribution in [3.05, 3.63) is 231 Å². The van der Waals surface area contributed by atoms with Crippen molar-refractivity contribution in [3.63, 3.8) is 0 Å². The highest BCUT2D eigenvalue weighted by Crippen LogP contribution is 2.45. The van der Waals surface area contributed by atoms with Crippen molar-refractivity contribution in [2.24, 2.45) is 0 Å². The van der Waals surface area contributed by atoms with Gasteiger partial charge in [0.2, 0.25) is 11.9 Å². The lowest BCUT2D eigenvalue weighted by Gasteiger charge is -2.13. The first-order chi connectivity index (χ1) is 35.2. The first kappa shape index (κ1) is 39.7. The van der Waals surface area contributed by atoms with E-state index in [-0.39, 0.29) is 0 Å². The molecule has 7 heteroatoms. The lowest BCUT2D eigenvalue weighted by molar-refractivity contribution is 1.02. The number of para-hydroxylation sites is 1. The van der Waals surface area contributed by atoms with Gasteiger partial charge in [-0.2, -0.15) is 0 Å². The van der Waals surface area contributed by atoms with E-state index in [1.807, 2.05) is 6.07 Å². The van der Waals surface area contributed by atoms with E-state index in [0.29, 0.717) is 11.9 Å². The highest BCUT2D eigenvalue weighted by molar-refractivity contribution is 7.22. The minimum absolute atomic E-state index is 0.636. The Hall–Kier alpha value is -9.30. The number of fused-ring (bicyclic) bond motifs is 12. The molecule has 71 heavy (non-hydrogen) atoms. The molecule has 330 valence electrons. The molecule has 5 heterocycles. The predicted octanol–water partition coefficient (Wildman–Crippen LogP) is 16.8. The third kappa shape index (κ3) is 6.13. The molecule has 0 saturated carbocycles. The van der Waals surface area contributed by atoms with Crippen LogP contribution in [0.5, 0.6) is 0 Å². The van der Waals surface area contributed by atoms with E-state index < -0.39 is 0 Å². The van der Waals surface area contributed by atoms with E-state index in [4.69, 9.17) is 19.9 Å². The average Bonchev–Trinajstić information content (AvgIpc) is 4.14. The molecule has 6 nitrogen and oxygen atoms in total. The van der Waals surface area contributed by atoms with Gasteiger partial charge in [0.25, 0.3) is 0 Å². The second kappa shape index (κ2) is 15.6. The third-order valence-electron chi connectivity index (χ3n) is 14.1. The summed E-state index contributed by atoms with van der Waals surface area (Å²) in [6.07, 6.45) is 0. The molecule has 0 atom stereocenters. The monoisotopic (exact) mass is 922 g/mol. The fourth-order valence-corrected chi connectivity index (χ4v) is 12.1. The second-order valence-electron chi connectivity index (χ2n) is 18.2. The van der Waals surface area contributed by atoms with Crippen LogP contribution in [0.2, 0.25) is 0 Å². The van der Waals surface area contributed by atoms with Crippen LogP contribution in [0.25, 0.3) is 142 Å². The largest absolute Gasteiger partial charge is 0.278 e. The average molecular weight is 923 g/mol. The molecule has 0 aliphatic heterocycles. The Bertz CT molecular complexity index is 4630. The number of rotatable bonds is 6. The van der Waals surface area contributed by atoms with Crippen LogP contribution in [0.15, 0.2) is 231 Å². The van der Waals surface area contributed by atoms with Crippen molar-refractivity contribution in [2.75, 3.05) is 0 Å². The fraction of sp³-hybridized carbons (Fsp3) is 0. The molecule has 15 aromatic rings. The highest BCUT2D eigenvalue weighted by Gasteiger charge is 2.24. The number of thiophene rings is 1. The van der Waals surface area contributed by atoms with Crippen LogP contribution in [0.1, 0.15) is 0 Å². The highest BCUT2D eigenvalue weighted by atomic mass is 32.1. The van der Waals surface area contributed by atoms with E-state index in [9.17, 15) is 0 Å². The molecule has 0 spiro atoms. The topological polar surface area (TPSA) is 61.4 Å². The SMILES string of the molecule is c1ccc(-c2cc3nc(-n4c5cccc(-c6ccc7c(c6)c6ccc8ccccc8c6n7-c6nc(-c7ccccc7)c7ccccc7n6)c5c5c6ccccc6ccc54)nc(-c4ccccc4)c3s2)cc1. The Morgan fingerprint density at radius 3 is 1.70 bits per heavy atom. The van der Waals surface area contributed by atoms with Crippen LogP contribution in [0.4, 0.5) is 0 Å². The maximum absolute atomic E-state index is 5.53. The number of hydrogen-bond donors (Lipinski definition) is 0. The summed E-state index contributed by atoms with van der Waals surface area (Å²) in [5.41, 5.74) is 13.4. The lowest BCUT2D eigenvalue weighted by atomic mass is 9.95. The van der Waals surface area contributed by atoms with Crippen LogP contribution >= 0.6 is 11.3 Å². The minimum atomic E-state index is 0.636. The van der Waals surface area contributed by atoms with E-state index in [0.717, 1.165) is 109 Å². The Kier molecular flexibility index (Phi) is 8.73. The molecule has 0 radical (unpaired) electrons. The Morgan fingerprint density at radius 2 is 0.915 bits per heavy atom. The van der Waals surface area contributed by atoms with Crippen molar-refractivity contribution in [1.82, 2.24) is 29.1 Å². The van der Waals surface area contributed by atoms with Gasteiger partial charge in [0.05, 0.1) is 49.2 Å². The van der Waals surface area contributed by atoms with Gasteiger partial charge in [0, 0.05) is 48.3 Å². The lowest BCUT2D eigenvalue weighted by Crippen LogP contribution is -2.03. The number of hydrogen-bond acceptors (Lipinski definition) is 5. The molecule has 5 aromatic heterocycles. The third-order valence-corrected chi connectivity index (χ3v) is 15.3. The zero-order valence-corrected chi connectivity index (χ0v) is 38.8.